The van der Waals surface area contributed by atoms with Gasteiger partial charge in [0.25, 0.3) is 0 Å². The van der Waals surface area contributed by atoms with Gasteiger partial charge in [0.1, 0.15) is 6.10 Å². The molecule has 2 N–H and O–H groups in total. The number of rotatable bonds is 7. The summed E-state index contributed by atoms with van der Waals surface area (Å²) in [6, 6.07) is 1.87. The van der Waals surface area contributed by atoms with Crippen LogP contribution < -0.4 is 10.6 Å². The molecule has 6 nitrogen and oxygen atoms in total. The number of anilines is 1. The van der Waals surface area contributed by atoms with Gasteiger partial charge in [-0.3, -0.25) is 4.79 Å². The molecule has 0 aromatic carbocycles. The maximum atomic E-state index is 11.6. The van der Waals surface area contributed by atoms with Gasteiger partial charge in [-0.05, 0) is 25.8 Å². The molecule has 0 saturated carbocycles. The zero-order chi connectivity index (χ0) is 15.1. The van der Waals surface area contributed by atoms with Gasteiger partial charge in [0.2, 0.25) is 11.9 Å². The lowest BCUT2D eigenvalue weighted by atomic mass is 10.1. The lowest BCUT2D eigenvalue weighted by Crippen LogP contribution is -2.42. The molecule has 2 atom stereocenters. The largest absolute Gasteiger partial charge is 0.372 e. The van der Waals surface area contributed by atoms with Crippen molar-refractivity contribution in [2.24, 2.45) is 0 Å². The van der Waals surface area contributed by atoms with E-state index in [4.69, 9.17) is 4.74 Å². The molecule has 0 aliphatic carbocycles. The first-order valence-electron chi connectivity index (χ1n) is 6.84. The number of ether oxygens (including phenoxy) is 1. The summed E-state index contributed by atoms with van der Waals surface area (Å²) in [6.07, 6.45) is 1.29. The van der Waals surface area contributed by atoms with Gasteiger partial charge < -0.3 is 15.4 Å². The van der Waals surface area contributed by atoms with Crippen molar-refractivity contribution in [3.63, 3.8) is 0 Å². The third-order valence-electron chi connectivity index (χ3n) is 2.95. The summed E-state index contributed by atoms with van der Waals surface area (Å²) >= 11 is 0. The number of carbonyl (C=O) groups excluding carboxylic acids is 1. The number of carbonyl (C=O) groups is 1. The summed E-state index contributed by atoms with van der Waals surface area (Å²) in [5.41, 5.74) is 0.993. The standard InChI is InChI=1S/C14H24N4O2/c1-9(2)12-6-7-15-14(18-12)16-8-10(3)17-13(19)11(4)20-5/h6-7,9-11H,8H2,1-5H3,(H,17,19)(H,15,16,18)/t10-,11+/m1/s1. The van der Waals surface area contributed by atoms with Crippen LogP contribution in [0.1, 0.15) is 39.3 Å². The van der Waals surface area contributed by atoms with Crippen LogP contribution in [0.5, 0.6) is 0 Å². The Hall–Kier alpha value is -1.69. The minimum absolute atomic E-state index is 0.0357. The molecular weight excluding hydrogens is 256 g/mol. The molecule has 0 spiro atoms. The van der Waals surface area contributed by atoms with Crippen molar-refractivity contribution < 1.29 is 9.53 Å². The number of nitrogens with one attached hydrogen (secondary N) is 2. The van der Waals surface area contributed by atoms with Crippen LogP contribution in [0, 0.1) is 0 Å². The molecule has 20 heavy (non-hydrogen) atoms. The molecule has 0 radical (unpaired) electrons. The SMILES string of the molecule is CO[C@@H](C)C(=O)N[C@H](C)CNc1nccc(C(C)C)n1. The molecule has 1 aromatic rings. The van der Waals surface area contributed by atoms with Crippen molar-refractivity contribution in [1.29, 1.82) is 0 Å². The monoisotopic (exact) mass is 280 g/mol. The second-order valence-electron chi connectivity index (χ2n) is 5.13. The Kier molecular flexibility index (Phi) is 6.38. The maximum absolute atomic E-state index is 11.6. The van der Waals surface area contributed by atoms with Gasteiger partial charge in [-0.2, -0.15) is 0 Å². The Balaban J connectivity index is 2.46. The van der Waals surface area contributed by atoms with E-state index in [9.17, 15) is 4.79 Å². The van der Waals surface area contributed by atoms with E-state index >= 15 is 0 Å². The second-order valence-corrected chi connectivity index (χ2v) is 5.13. The first-order valence-corrected chi connectivity index (χ1v) is 6.84. The molecule has 112 valence electrons. The lowest BCUT2D eigenvalue weighted by Gasteiger charge is -2.17. The molecule has 0 saturated heterocycles. The van der Waals surface area contributed by atoms with E-state index in [0.29, 0.717) is 18.4 Å². The average Bonchev–Trinajstić information content (AvgIpc) is 2.44. The number of amides is 1. The van der Waals surface area contributed by atoms with Crippen molar-refractivity contribution in [1.82, 2.24) is 15.3 Å². The Morgan fingerprint density at radius 2 is 2.05 bits per heavy atom. The van der Waals surface area contributed by atoms with E-state index in [0.717, 1.165) is 5.69 Å². The molecule has 0 bridgehead atoms. The van der Waals surface area contributed by atoms with E-state index in [2.05, 4.69) is 34.4 Å². The molecule has 6 heteroatoms. The van der Waals surface area contributed by atoms with Crippen LogP contribution in [0.15, 0.2) is 12.3 Å². The average molecular weight is 280 g/mol. The van der Waals surface area contributed by atoms with Crippen LogP contribution in [0.2, 0.25) is 0 Å². The number of aromatic nitrogens is 2. The minimum atomic E-state index is -0.446. The highest BCUT2D eigenvalue weighted by atomic mass is 16.5. The van der Waals surface area contributed by atoms with E-state index in [1.54, 1.807) is 13.1 Å². The predicted octanol–water partition coefficient (Wildman–Crippen LogP) is 1.55. The minimum Gasteiger partial charge on any atom is -0.372 e. The second kappa shape index (κ2) is 7.79. The van der Waals surface area contributed by atoms with Gasteiger partial charge in [-0.1, -0.05) is 13.8 Å². The lowest BCUT2D eigenvalue weighted by molar-refractivity contribution is -0.130. The highest BCUT2D eigenvalue weighted by molar-refractivity contribution is 5.80. The Bertz CT molecular complexity index is 437. The zero-order valence-corrected chi connectivity index (χ0v) is 12.8. The summed E-state index contributed by atoms with van der Waals surface area (Å²) in [5.74, 6) is 0.814. The van der Waals surface area contributed by atoms with Gasteiger partial charge in [0.15, 0.2) is 0 Å². The molecule has 1 rings (SSSR count). The van der Waals surface area contributed by atoms with Gasteiger partial charge >= 0.3 is 0 Å². The maximum Gasteiger partial charge on any atom is 0.249 e. The fraction of sp³-hybridized carbons (Fsp3) is 0.643. The quantitative estimate of drug-likeness (QED) is 0.792. The van der Waals surface area contributed by atoms with Crippen molar-refractivity contribution in [2.45, 2.75) is 45.8 Å². The number of hydrogen-bond acceptors (Lipinski definition) is 5. The van der Waals surface area contributed by atoms with E-state index < -0.39 is 6.10 Å². The summed E-state index contributed by atoms with van der Waals surface area (Å²) in [4.78, 5) is 20.2. The molecule has 1 aromatic heterocycles. The normalized spacial score (nSPS) is 13.9. The van der Waals surface area contributed by atoms with Crippen molar-refractivity contribution in [3.05, 3.63) is 18.0 Å². The topological polar surface area (TPSA) is 76.1 Å². The van der Waals surface area contributed by atoms with E-state index in [1.807, 2.05) is 13.0 Å². The van der Waals surface area contributed by atoms with Gasteiger partial charge in [0.05, 0.1) is 0 Å². The van der Waals surface area contributed by atoms with Gasteiger partial charge in [-0.15, -0.1) is 0 Å². The highest BCUT2D eigenvalue weighted by Crippen LogP contribution is 2.11. The number of nitrogens with zero attached hydrogens (tertiary/aromatic N) is 2. The van der Waals surface area contributed by atoms with Crippen molar-refractivity contribution >= 4 is 11.9 Å². The third-order valence-corrected chi connectivity index (χ3v) is 2.95. The van der Waals surface area contributed by atoms with Gasteiger partial charge in [-0.25, -0.2) is 9.97 Å². The molecule has 0 unspecified atom stereocenters. The molecule has 0 fully saturated rings. The summed E-state index contributed by atoms with van der Waals surface area (Å²) in [6.45, 7) is 8.36. The van der Waals surface area contributed by atoms with E-state index in [-0.39, 0.29) is 11.9 Å². The van der Waals surface area contributed by atoms with Crippen LogP contribution in [-0.2, 0) is 9.53 Å². The van der Waals surface area contributed by atoms with Crippen LogP contribution in [0.3, 0.4) is 0 Å². The fourth-order valence-electron chi connectivity index (χ4n) is 1.54. The predicted molar refractivity (Wildman–Crippen MR) is 78.7 cm³/mol. The van der Waals surface area contributed by atoms with Crippen molar-refractivity contribution in [3.8, 4) is 0 Å². The van der Waals surface area contributed by atoms with Crippen molar-refractivity contribution in [2.75, 3.05) is 19.0 Å². The Morgan fingerprint density at radius 3 is 2.65 bits per heavy atom. The van der Waals surface area contributed by atoms with Crippen LogP contribution in [0.25, 0.3) is 0 Å². The zero-order valence-electron chi connectivity index (χ0n) is 12.8. The number of methoxy groups -OCH3 is 1. The fourth-order valence-corrected chi connectivity index (χ4v) is 1.54. The molecule has 1 amide bonds. The van der Waals surface area contributed by atoms with Crippen LogP contribution in [-0.4, -0.2) is 41.7 Å². The number of hydrogen-bond donors (Lipinski definition) is 2. The van der Waals surface area contributed by atoms with E-state index in [1.165, 1.54) is 7.11 Å². The van der Waals surface area contributed by atoms with Gasteiger partial charge in [0, 0.05) is 31.6 Å². The first-order chi connectivity index (χ1) is 9.43. The van der Waals surface area contributed by atoms with Crippen LogP contribution in [0.4, 0.5) is 5.95 Å². The third kappa shape index (κ3) is 5.13. The summed E-state index contributed by atoms with van der Waals surface area (Å²) in [5, 5.41) is 5.98. The molecule has 0 aliphatic heterocycles. The highest BCUT2D eigenvalue weighted by Gasteiger charge is 2.14. The summed E-state index contributed by atoms with van der Waals surface area (Å²) in [7, 11) is 1.51. The molecule has 0 aliphatic rings. The molecule has 1 heterocycles. The first kappa shape index (κ1) is 16.4. The Morgan fingerprint density at radius 1 is 1.35 bits per heavy atom. The summed E-state index contributed by atoms with van der Waals surface area (Å²) < 4.78 is 4.96. The Labute approximate surface area is 120 Å². The van der Waals surface area contributed by atoms with Crippen LogP contribution >= 0.6 is 0 Å². The molecular formula is C14H24N4O2. The smallest absolute Gasteiger partial charge is 0.249 e.